The van der Waals surface area contributed by atoms with Crippen LogP contribution in [-0.4, -0.2) is 22.1 Å². The van der Waals surface area contributed by atoms with E-state index in [1.807, 2.05) is 48.9 Å². The topological polar surface area (TPSA) is 67.9 Å². The summed E-state index contributed by atoms with van der Waals surface area (Å²) in [6.07, 6.45) is 7.00. The van der Waals surface area contributed by atoms with Crippen LogP contribution in [0.2, 0.25) is 0 Å². The third kappa shape index (κ3) is 4.64. The molecular weight excluding hydrogens is 430 g/mol. The average molecular weight is 454 g/mol. The van der Waals surface area contributed by atoms with Gasteiger partial charge in [-0.05, 0) is 73.2 Å². The molecule has 164 valence electrons. The maximum Gasteiger partial charge on any atom is 0.330 e. The molecule has 5 nitrogen and oxygen atoms in total. The van der Waals surface area contributed by atoms with Crippen molar-refractivity contribution < 1.29 is 9.53 Å². The van der Waals surface area contributed by atoms with Gasteiger partial charge in [-0.1, -0.05) is 18.2 Å². The number of carbonyl (C=O) groups excluding carboxylic acids is 1. The Morgan fingerprint density at radius 1 is 1.18 bits per heavy atom. The lowest BCUT2D eigenvalue weighted by Gasteiger charge is -2.12. The van der Waals surface area contributed by atoms with Gasteiger partial charge in [-0.3, -0.25) is 0 Å². The van der Waals surface area contributed by atoms with Crippen LogP contribution in [0.5, 0.6) is 0 Å². The Kier molecular flexibility index (Phi) is 6.53. The Hall–Kier alpha value is -3.95. The number of benzene rings is 2. The van der Waals surface area contributed by atoms with E-state index in [1.165, 1.54) is 6.08 Å². The molecule has 4 aromatic rings. The Morgan fingerprint density at radius 3 is 2.61 bits per heavy atom. The van der Waals surface area contributed by atoms with Crippen molar-refractivity contribution in [1.29, 1.82) is 5.26 Å². The maximum atomic E-state index is 11.9. The molecule has 0 fully saturated rings. The van der Waals surface area contributed by atoms with Crippen LogP contribution in [0, 0.1) is 25.2 Å². The summed E-state index contributed by atoms with van der Waals surface area (Å²) < 4.78 is 7.09. The highest BCUT2D eigenvalue weighted by atomic mass is 32.1. The summed E-state index contributed by atoms with van der Waals surface area (Å²) >= 11 is 1.57. The molecule has 0 aliphatic carbocycles. The highest BCUT2D eigenvalue weighted by molar-refractivity contribution is 7.12. The molecular formula is C27H23N3O2S. The van der Waals surface area contributed by atoms with E-state index < -0.39 is 0 Å². The largest absolute Gasteiger partial charge is 0.463 e. The third-order valence-electron chi connectivity index (χ3n) is 5.38. The lowest BCUT2D eigenvalue weighted by molar-refractivity contribution is -0.137. The van der Waals surface area contributed by atoms with E-state index in [4.69, 9.17) is 4.74 Å². The summed E-state index contributed by atoms with van der Waals surface area (Å²) in [6.45, 7) is 6.10. The van der Waals surface area contributed by atoms with Crippen LogP contribution < -0.4 is 0 Å². The minimum atomic E-state index is -0.366. The normalized spacial score (nSPS) is 11.0. The maximum absolute atomic E-state index is 11.9. The Labute approximate surface area is 197 Å². The first-order valence-corrected chi connectivity index (χ1v) is 11.5. The van der Waals surface area contributed by atoms with Gasteiger partial charge in [0.15, 0.2) is 0 Å². The zero-order valence-corrected chi connectivity index (χ0v) is 19.5. The van der Waals surface area contributed by atoms with Crippen molar-refractivity contribution in [3.05, 3.63) is 88.1 Å². The van der Waals surface area contributed by atoms with Crippen LogP contribution in [0.1, 0.15) is 28.8 Å². The number of thiophene rings is 1. The standard InChI is InChI=1S/C27H23N3O2S/c1-4-32-26(31)12-11-25-27(23-10-5-20(16-28)15-18(23)2)24(17-33-25)21-6-8-22(9-7-21)30-14-13-29-19(30)3/h5-15,17H,4H2,1-3H3/b12-11+. The number of aromatic nitrogens is 2. The zero-order chi connectivity index (χ0) is 23.4. The summed E-state index contributed by atoms with van der Waals surface area (Å²) in [7, 11) is 0. The van der Waals surface area contributed by atoms with Crippen molar-refractivity contribution in [1.82, 2.24) is 9.55 Å². The van der Waals surface area contributed by atoms with Gasteiger partial charge in [0, 0.05) is 40.2 Å². The summed E-state index contributed by atoms with van der Waals surface area (Å²) in [5.41, 5.74) is 6.88. The number of hydrogen-bond acceptors (Lipinski definition) is 5. The Bertz CT molecular complexity index is 1370. The van der Waals surface area contributed by atoms with Crippen molar-refractivity contribution in [2.75, 3.05) is 6.61 Å². The molecule has 0 amide bonds. The lowest BCUT2D eigenvalue weighted by Crippen LogP contribution is -1.98. The number of esters is 1. The number of nitriles is 1. The van der Waals surface area contributed by atoms with Crippen LogP contribution >= 0.6 is 11.3 Å². The molecule has 0 aliphatic rings. The van der Waals surface area contributed by atoms with Gasteiger partial charge in [0.2, 0.25) is 0 Å². The number of aryl methyl sites for hydroxylation is 2. The molecule has 2 aromatic heterocycles. The van der Waals surface area contributed by atoms with E-state index in [2.05, 4.69) is 40.7 Å². The van der Waals surface area contributed by atoms with Crippen molar-refractivity contribution >= 4 is 23.4 Å². The van der Waals surface area contributed by atoms with Crippen LogP contribution in [0.15, 0.2) is 66.3 Å². The number of imidazole rings is 1. The number of rotatable bonds is 6. The van der Waals surface area contributed by atoms with Crippen LogP contribution in [0.3, 0.4) is 0 Å². The molecule has 0 bridgehead atoms. The summed E-state index contributed by atoms with van der Waals surface area (Å²) in [5, 5.41) is 11.4. The molecule has 0 N–H and O–H groups in total. The van der Waals surface area contributed by atoms with Crippen molar-refractivity contribution in [2.24, 2.45) is 0 Å². The van der Waals surface area contributed by atoms with Gasteiger partial charge in [-0.2, -0.15) is 5.26 Å². The average Bonchev–Trinajstić information content (AvgIpc) is 3.44. The molecule has 4 rings (SSSR count). The minimum Gasteiger partial charge on any atom is -0.463 e. The van der Waals surface area contributed by atoms with E-state index in [0.717, 1.165) is 44.2 Å². The van der Waals surface area contributed by atoms with E-state index >= 15 is 0 Å². The van der Waals surface area contributed by atoms with Gasteiger partial charge >= 0.3 is 5.97 Å². The SMILES string of the molecule is CCOC(=O)/C=C/c1scc(-c2ccc(-n3ccnc3C)cc2)c1-c1ccc(C#N)cc1C. The summed E-state index contributed by atoms with van der Waals surface area (Å²) in [6, 6.07) is 16.2. The fourth-order valence-corrected chi connectivity index (χ4v) is 4.77. The van der Waals surface area contributed by atoms with Gasteiger partial charge in [0.1, 0.15) is 5.82 Å². The van der Waals surface area contributed by atoms with Gasteiger partial charge in [-0.25, -0.2) is 9.78 Å². The van der Waals surface area contributed by atoms with Gasteiger partial charge in [-0.15, -0.1) is 11.3 Å². The second kappa shape index (κ2) is 9.68. The Balaban J connectivity index is 1.81. The highest BCUT2D eigenvalue weighted by Crippen LogP contribution is 2.41. The van der Waals surface area contributed by atoms with Gasteiger partial charge in [0.05, 0.1) is 18.2 Å². The molecule has 0 spiro atoms. The first-order chi connectivity index (χ1) is 16.0. The zero-order valence-electron chi connectivity index (χ0n) is 18.7. The van der Waals surface area contributed by atoms with Crippen molar-refractivity contribution in [2.45, 2.75) is 20.8 Å². The third-order valence-corrected chi connectivity index (χ3v) is 6.33. The second-order valence-electron chi connectivity index (χ2n) is 7.51. The predicted octanol–water partition coefficient (Wildman–Crippen LogP) is 6.33. The molecule has 33 heavy (non-hydrogen) atoms. The molecule has 2 aromatic carbocycles. The molecule has 0 aliphatic heterocycles. The van der Waals surface area contributed by atoms with Crippen LogP contribution in [0.4, 0.5) is 0 Å². The smallest absolute Gasteiger partial charge is 0.330 e. The number of carbonyl (C=O) groups is 1. The van der Waals surface area contributed by atoms with E-state index in [-0.39, 0.29) is 5.97 Å². The fraction of sp³-hybridized carbons (Fsp3) is 0.148. The van der Waals surface area contributed by atoms with Crippen molar-refractivity contribution in [3.63, 3.8) is 0 Å². The highest BCUT2D eigenvalue weighted by Gasteiger charge is 2.17. The molecule has 0 radical (unpaired) electrons. The molecule has 0 saturated heterocycles. The van der Waals surface area contributed by atoms with Crippen molar-refractivity contribution in [3.8, 4) is 34.0 Å². The lowest BCUT2D eigenvalue weighted by atomic mass is 9.92. The first-order valence-electron chi connectivity index (χ1n) is 10.6. The minimum absolute atomic E-state index is 0.336. The summed E-state index contributed by atoms with van der Waals surface area (Å²) in [4.78, 5) is 17.2. The molecule has 0 atom stereocenters. The molecule has 0 unspecified atom stereocenters. The fourth-order valence-electron chi connectivity index (χ4n) is 3.79. The molecule has 6 heteroatoms. The van der Waals surface area contributed by atoms with E-state index in [0.29, 0.717) is 12.2 Å². The van der Waals surface area contributed by atoms with Gasteiger partial charge in [0.25, 0.3) is 0 Å². The molecule has 2 heterocycles. The quantitative estimate of drug-likeness (QED) is 0.253. The first kappa shape index (κ1) is 22.3. The van der Waals surface area contributed by atoms with Crippen LogP contribution in [-0.2, 0) is 9.53 Å². The second-order valence-corrected chi connectivity index (χ2v) is 8.42. The van der Waals surface area contributed by atoms with Gasteiger partial charge < -0.3 is 9.30 Å². The van der Waals surface area contributed by atoms with Crippen LogP contribution in [0.25, 0.3) is 34.0 Å². The number of hydrogen-bond donors (Lipinski definition) is 0. The summed E-state index contributed by atoms with van der Waals surface area (Å²) in [5.74, 6) is 0.563. The van der Waals surface area contributed by atoms with E-state index in [9.17, 15) is 10.1 Å². The van der Waals surface area contributed by atoms with E-state index in [1.54, 1.807) is 24.5 Å². The molecule has 0 saturated carbocycles. The number of nitrogens with zero attached hydrogens (tertiary/aromatic N) is 3. The monoisotopic (exact) mass is 453 g/mol. The number of ether oxygens (including phenoxy) is 1. The predicted molar refractivity (Wildman–Crippen MR) is 132 cm³/mol. The Morgan fingerprint density at radius 2 is 1.97 bits per heavy atom.